The molecule has 3 heteroatoms. The summed E-state index contributed by atoms with van der Waals surface area (Å²) >= 11 is 0. The van der Waals surface area contributed by atoms with Gasteiger partial charge in [0.15, 0.2) is 5.78 Å². The number of carbonyl (C=O) groups excluding carboxylic acids is 1. The summed E-state index contributed by atoms with van der Waals surface area (Å²) in [6.45, 7) is 4.52. The Kier molecular flexibility index (Phi) is 4.09. The maximum atomic E-state index is 13.5. The second-order valence-corrected chi connectivity index (χ2v) is 6.61. The highest BCUT2D eigenvalue weighted by molar-refractivity contribution is 6.21. The van der Waals surface area contributed by atoms with Gasteiger partial charge >= 0.3 is 0 Å². The fraction of sp³-hybridized carbons (Fsp3) is 0.174. The molecule has 1 aliphatic carbocycles. The van der Waals surface area contributed by atoms with E-state index in [0.717, 1.165) is 33.2 Å². The van der Waals surface area contributed by atoms with Gasteiger partial charge in [-0.1, -0.05) is 60.7 Å². The van der Waals surface area contributed by atoms with E-state index in [4.69, 9.17) is 4.74 Å². The molecule has 0 amide bonds. The van der Waals surface area contributed by atoms with Crippen molar-refractivity contribution in [3.05, 3.63) is 90.0 Å². The number of Topliss-reactive ketones (excluding diaryl/α,β-unsaturated/α-hetero) is 1. The molecule has 130 valence electrons. The lowest BCUT2D eigenvalue weighted by atomic mass is 9.85. The van der Waals surface area contributed by atoms with E-state index in [-0.39, 0.29) is 5.78 Å². The standard InChI is InChI=1S/C23H21NO2/c1-3-14-23(24-15-16-8-5-4-6-9-16)19-12-13-20(26-2)17-10-7-11-18(21(17)19)22(23)25/h3-13,24H,1,14-15H2,2H3. The smallest absolute Gasteiger partial charge is 0.188 e. The molecule has 0 radical (unpaired) electrons. The molecule has 0 saturated carbocycles. The average Bonchev–Trinajstić information content (AvgIpc) is 2.92. The molecule has 0 aliphatic heterocycles. The molecule has 0 aromatic heterocycles. The lowest BCUT2D eigenvalue weighted by molar-refractivity contribution is 0.0860. The van der Waals surface area contributed by atoms with E-state index >= 15 is 0 Å². The van der Waals surface area contributed by atoms with Crippen LogP contribution in [-0.4, -0.2) is 12.9 Å². The first-order valence-electron chi connectivity index (χ1n) is 8.76. The highest BCUT2D eigenvalue weighted by Gasteiger charge is 2.46. The van der Waals surface area contributed by atoms with Crippen molar-refractivity contribution < 1.29 is 9.53 Å². The summed E-state index contributed by atoms with van der Waals surface area (Å²) in [4.78, 5) is 13.5. The first kappa shape index (κ1) is 16.6. The van der Waals surface area contributed by atoms with Crippen LogP contribution in [0, 0.1) is 0 Å². The van der Waals surface area contributed by atoms with E-state index < -0.39 is 5.54 Å². The van der Waals surface area contributed by atoms with Gasteiger partial charge in [-0.25, -0.2) is 0 Å². The summed E-state index contributed by atoms with van der Waals surface area (Å²) in [7, 11) is 1.66. The Hall–Kier alpha value is -2.91. The van der Waals surface area contributed by atoms with Gasteiger partial charge in [0, 0.05) is 22.9 Å². The number of rotatable bonds is 6. The van der Waals surface area contributed by atoms with Crippen LogP contribution in [0.15, 0.2) is 73.3 Å². The van der Waals surface area contributed by atoms with Crippen molar-refractivity contribution in [2.75, 3.05) is 7.11 Å². The molecule has 1 atom stereocenters. The zero-order valence-electron chi connectivity index (χ0n) is 14.8. The fourth-order valence-electron chi connectivity index (χ4n) is 3.97. The number of ketones is 1. The largest absolute Gasteiger partial charge is 0.496 e. The summed E-state index contributed by atoms with van der Waals surface area (Å²) in [5.41, 5.74) is 2.11. The minimum atomic E-state index is -0.786. The summed E-state index contributed by atoms with van der Waals surface area (Å²) in [6.07, 6.45) is 2.35. The second kappa shape index (κ2) is 6.43. The summed E-state index contributed by atoms with van der Waals surface area (Å²) in [5.74, 6) is 0.887. The molecule has 0 heterocycles. The molecule has 26 heavy (non-hydrogen) atoms. The van der Waals surface area contributed by atoms with Crippen molar-refractivity contribution >= 4 is 16.6 Å². The van der Waals surface area contributed by atoms with E-state index in [0.29, 0.717) is 13.0 Å². The van der Waals surface area contributed by atoms with Gasteiger partial charge in [0.2, 0.25) is 0 Å². The van der Waals surface area contributed by atoms with Crippen LogP contribution in [0.25, 0.3) is 10.8 Å². The van der Waals surface area contributed by atoms with Gasteiger partial charge in [0.1, 0.15) is 11.3 Å². The van der Waals surface area contributed by atoms with Crippen molar-refractivity contribution in [1.29, 1.82) is 0 Å². The number of hydrogen-bond donors (Lipinski definition) is 1. The molecule has 3 aromatic carbocycles. The highest BCUT2D eigenvalue weighted by atomic mass is 16.5. The highest BCUT2D eigenvalue weighted by Crippen LogP contribution is 2.45. The molecular weight excluding hydrogens is 322 g/mol. The molecule has 0 spiro atoms. The van der Waals surface area contributed by atoms with Crippen LogP contribution < -0.4 is 10.1 Å². The number of benzene rings is 3. The minimum absolute atomic E-state index is 0.0992. The number of carbonyl (C=O) groups is 1. The first-order valence-corrected chi connectivity index (χ1v) is 8.76. The Balaban J connectivity index is 1.86. The van der Waals surface area contributed by atoms with Gasteiger partial charge in [-0.05, 0) is 23.6 Å². The van der Waals surface area contributed by atoms with Gasteiger partial charge in [0.25, 0.3) is 0 Å². The molecule has 0 saturated heterocycles. The Morgan fingerprint density at radius 3 is 2.62 bits per heavy atom. The van der Waals surface area contributed by atoms with Gasteiger partial charge in [-0.15, -0.1) is 6.58 Å². The van der Waals surface area contributed by atoms with Crippen molar-refractivity contribution in [3.63, 3.8) is 0 Å². The number of ether oxygens (including phenoxy) is 1. The second-order valence-electron chi connectivity index (χ2n) is 6.61. The van der Waals surface area contributed by atoms with Crippen LogP contribution >= 0.6 is 0 Å². The third kappa shape index (κ3) is 2.36. The molecule has 1 unspecified atom stereocenters. The summed E-state index contributed by atoms with van der Waals surface area (Å²) < 4.78 is 5.51. The SMILES string of the molecule is C=CCC1(NCc2ccccc2)C(=O)c2cccc3c(OC)ccc1c23. The van der Waals surface area contributed by atoms with E-state index in [1.54, 1.807) is 7.11 Å². The van der Waals surface area contributed by atoms with Crippen LogP contribution in [0.5, 0.6) is 5.75 Å². The lowest BCUT2D eigenvalue weighted by Gasteiger charge is -2.30. The van der Waals surface area contributed by atoms with Crippen molar-refractivity contribution in [3.8, 4) is 5.75 Å². The third-order valence-corrected chi connectivity index (χ3v) is 5.20. The molecule has 3 aromatic rings. The van der Waals surface area contributed by atoms with Crippen molar-refractivity contribution in [2.45, 2.75) is 18.5 Å². The van der Waals surface area contributed by atoms with Gasteiger partial charge in [0.05, 0.1) is 7.11 Å². The lowest BCUT2D eigenvalue weighted by Crippen LogP contribution is -2.46. The first-order chi connectivity index (χ1) is 12.7. The maximum absolute atomic E-state index is 13.5. The zero-order chi connectivity index (χ0) is 18.1. The summed E-state index contributed by atoms with van der Waals surface area (Å²) in [6, 6.07) is 19.9. The zero-order valence-corrected chi connectivity index (χ0v) is 14.8. The topological polar surface area (TPSA) is 38.3 Å². The Morgan fingerprint density at radius 2 is 1.88 bits per heavy atom. The number of nitrogens with one attached hydrogen (secondary N) is 1. The molecule has 1 N–H and O–H groups in total. The fourth-order valence-corrected chi connectivity index (χ4v) is 3.97. The Labute approximate surface area is 153 Å². The van der Waals surface area contributed by atoms with Crippen LogP contribution in [0.4, 0.5) is 0 Å². The molecule has 3 nitrogen and oxygen atoms in total. The molecule has 1 aliphatic rings. The average molecular weight is 343 g/mol. The molecule has 0 fully saturated rings. The third-order valence-electron chi connectivity index (χ3n) is 5.20. The molecule has 4 rings (SSSR count). The van der Waals surface area contributed by atoms with Crippen molar-refractivity contribution in [1.82, 2.24) is 5.32 Å². The monoisotopic (exact) mass is 343 g/mol. The van der Waals surface area contributed by atoms with Gasteiger partial charge in [-0.2, -0.15) is 0 Å². The van der Waals surface area contributed by atoms with E-state index in [9.17, 15) is 4.79 Å². The number of methoxy groups -OCH3 is 1. The Morgan fingerprint density at radius 1 is 1.08 bits per heavy atom. The van der Waals surface area contributed by atoms with E-state index in [1.807, 2.05) is 54.6 Å². The molecular formula is C23H21NO2. The van der Waals surface area contributed by atoms with Crippen molar-refractivity contribution in [2.24, 2.45) is 0 Å². The normalized spacial score (nSPS) is 18.3. The van der Waals surface area contributed by atoms with Gasteiger partial charge in [-0.3, -0.25) is 10.1 Å². The minimum Gasteiger partial charge on any atom is -0.496 e. The van der Waals surface area contributed by atoms with Crippen LogP contribution in [0.1, 0.15) is 27.9 Å². The Bertz CT molecular complexity index is 994. The van der Waals surface area contributed by atoms with Crippen LogP contribution in [-0.2, 0) is 12.1 Å². The predicted octanol–water partition coefficient (Wildman–Crippen LogP) is 4.61. The van der Waals surface area contributed by atoms with Crippen LogP contribution in [0.3, 0.4) is 0 Å². The predicted molar refractivity (Wildman–Crippen MR) is 105 cm³/mol. The molecule has 0 bridgehead atoms. The summed E-state index contributed by atoms with van der Waals surface area (Å²) in [5, 5.41) is 5.51. The van der Waals surface area contributed by atoms with E-state index in [2.05, 4.69) is 24.0 Å². The maximum Gasteiger partial charge on any atom is 0.188 e. The van der Waals surface area contributed by atoms with E-state index in [1.165, 1.54) is 0 Å². The van der Waals surface area contributed by atoms with Gasteiger partial charge < -0.3 is 4.74 Å². The van der Waals surface area contributed by atoms with Crippen LogP contribution in [0.2, 0.25) is 0 Å². The number of hydrogen-bond acceptors (Lipinski definition) is 3. The quantitative estimate of drug-likeness (QED) is 0.665.